The van der Waals surface area contributed by atoms with Crippen LogP contribution in [0.25, 0.3) is 0 Å². The molecule has 1 aromatic carbocycles. The van der Waals surface area contributed by atoms with Gasteiger partial charge in [0, 0.05) is 0 Å². The van der Waals surface area contributed by atoms with Gasteiger partial charge in [0.05, 0.1) is 17.8 Å². The lowest BCUT2D eigenvalue weighted by molar-refractivity contribution is 1.00. The number of benzene rings is 1. The van der Waals surface area contributed by atoms with E-state index in [0.717, 1.165) is 5.56 Å². The molecule has 0 aliphatic carbocycles. The quantitative estimate of drug-likeness (QED) is 0.393. The van der Waals surface area contributed by atoms with Gasteiger partial charge in [0.2, 0.25) is 5.96 Å². The summed E-state index contributed by atoms with van der Waals surface area (Å²) in [5.41, 5.74) is 8.64. The van der Waals surface area contributed by atoms with Gasteiger partial charge in [0.1, 0.15) is 0 Å². The van der Waals surface area contributed by atoms with Gasteiger partial charge >= 0.3 is 0 Å². The lowest BCUT2D eigenvalue weighted by Gasteiger charge is -1.95. The zero-order chi connectivity index (χ0) is 10.4. The Morgan fingerprint density at radius 1 is 1.60 bits per heavy atom. The van der Waals surface area contributed by atoms with E-state index in [4.69, 9.17) is 16.4 Å². The molecule has 4 N–H and O–H groups in total. The SMILES string of the molecule is Cl.N#Cc1cccc(/C=N/NC(=N)N)c1. The molecule has 0 aromatic heterocycles. The monoisotopic (exact) mass is 223 g/mol. The Morgan fingerprint density at radius 3 is 2.93 bits per heavy atom. The Balaban J connectivity index is 0.00000196. The summed E-state index contributed by atoms with van der Waals surface area (Å²) in [7, 11) is 0. The summed E-state index contributed by atoms with van der Waals surface area (Å²) in [6.45, 7) is 0. The number of hydrogen-bond donors (Lipinski definition) is 3. The van der Waals surface area contributed by atoms with Crippen molar-refractivity contribution in [2.45, 2.75) is 0 Å². The number of nitrogens with one attached hydrogen (secondary N) is 2. The van der Waals surface area contributed by atoms with Crippen LogP contribution in [0.15, 0.2) is 29.4 Å². The highest BCUT2D eigenvalue weighted by Gasteiger charge is 1.90. The van der Waals surface area contributed by atoms with E-state index < -0.39 is 0 Å². The maximum atomic E-state index is 8.61. The number of rotatable bonds is 2. The van der Waals surface area contributed by atoms with E-state index in [2.05, 4.69) is 10.5 Å². The number of nitriles is 1. The van der Waals surface area contributed by atoms with Crippen LogP contribution in [0.2, 0.25) is 0 Å². The maximum Gasteiger partial charge on any atom is 0.206 e. The lowest BCUT2D eigenvalue weighted by Crippen LogP contribution is -2.25. The smallest absolute Gasteiger partial charge is 0.206 e. The highest BCUT2D eigenvalue weighted by molar-refractivity contribution is 5.85. The minimum absolute atomic E-state index is 0. The molecular formula is C9H10ClN5. The first-order valence-electron chi connectivity index (χ1n) is 3.85. The van der Waals surface area contributed by atoms with Crippen LogP contribution in [0, 0.1) is 16.7 Å². The zero-order valence-corrected chi connectivity index (χ0v) is 8.58. The summed E-state index contributed by atoms with van der Waals surface area (Å²) in [6.07, 6.45) is 1.49. The average Bonchev–Trinajstić information content (AvgIpc) is 2.18. The van der Waals surface area contributed by atoms with Crippen molar-refractivity contribution in [1.29, 1.82) is 10.7 Å². The van der Waals surface area contributed by atoms with Crippen molar-refractivity contribution in [1.82, 2.24) is 5.43 Å². The Hall–Kier alpha value is -2.06. The Morgan fingerprint density at radius 2 is 2.33 bits per heavy atom. The molecule has 0 spiro atoms. The third-order valence-electron chi connectivity index (χ3n) is 1.41. The highest BCUT2D eigenvalue weighted by Crippen LogP contribution is 2.00. The van der Waals surface area contributed by atoms with Crippen molar-refractivity contribution in [2.75, 3.05) is 0 Å². The fraction of sp³-hybridized carbons (Fsp3) is 0. The molecule has 0 saturated heterocycles. The Labute approximate surface area is 93.5 Å². The van der Waals surface area contributed by atoms with E-state index in [9.17, 15) is 0 Å². The highest BCUT2D eigenvalue weighted by atomic mass is 35.5. The minimum Gasteiger partial charge on any atom is -0.369 e. The van der Waals surface area contributed by atoms with Crippen LogP contribution < -0.4 is 11.2 Å². The number of nitrogens with zero attached hydrogens (tertiary/aromatic N) is 2. The lowest BCUT2D eigenvalue weighted by atomic mass is 10.1. The first kappa shape index (κ1) is 12.9. The second kappa shape index (κ2) is 6.40. The molecule has 1 aromatic rings. The van der Waals surface area contributed by atoms with Gasteiger partial charge in [-0.3, -0.25) is 5.41 Å². The predicted molar refractivity (Wildman–Crippen MR) is 61.0 cm³/mol. The molecule has 15 heavy (non-hydrogen) atoms. The minimum atomic E-state index is -0.224. The van der Waals surface area contributed by atoms with Gasteiger partial charge in [-0.25, -0.2) is 5.43 Å². The van der Waals surface area contributed by atoms with Crippen LogP contribution in [0.1, 0.15) is 11.1 Å². The normalized spacial score (nSPS) is 9.00. The molecule has 0 heterocycles. The summed E-state index contributed by atoms with van der Waals surface area (Å²) >= 11 is 0. The van der Waals surface area contributed by atoms with E-state index in [1.807, 2.05) is 6.07 Å². The molecule has 1 rings (SSSR count). The van der Waals surface area contributed by atoms with Crippen molar-refractivity contribution in [2.24, 2.45) is 10.8 Å². The zero-order valence-electron chi connectivity index (χ0n) is 7.77. The van der Waals surface area contributed by atoms with E-state index in [0.29, 0.717) is 5.56 Å². The summed E-state index contributed by atoms with van der Waals surface area (Å²) in [5.74, 6) is -0.224. The van der Waals surface area contributed by atoms with Gasteiger partial charge in [0.15, 0.2) is 0 Å². The predicted octanol–water partition coefficient (Wildman–Crippen LogP) is 0.797. The number of halogens is 1. The van der Waals surface area contributed by atoms with Gasteiger partial charge in [-0.15, -0.1) is 12.4 Å². The molecule has 5 nitrogen and oxygen atoms in total. The van der Waals surface area contributed by atoms with E-state index in [1.165, 1.54) is 6.21 Å². The summed E-state index contributed by atoms with van der Waals surface area (Å²) < 4.78 is 0. The summed E-state index contributed by atoms with van der Waals surface area (Å²) in [5, 5.41) is 19.1. The summed E-state index contributed by atoms with van der Waals surface area (Å²) in [6, 6.07) is 8.96. The molecule has 0 aliphatic rings. The topological polar surface area (TPSA) is 98.0 Å². The van der Waals surface area contributed by atoms with Crippen molar-refractivity contribution >= 4 is 24.6 Å². The standard InChI is InChI=1S/C9H9N5.ClH/c10-5-7-2-1-3-8(4-7)6-13-14-9(11)12;/h1-4,6H,(H4,11,12,14);1H/b13-6+;. The number of hydrogen-bond acceptors (Lipinski definition) is 3. The average molecular weight is 224 g/mol. The number of guanidine groups is 1. The summed E-state index contributed by atoms with van der Waals surface area (Å²) in [4.78, 5) is 0. The van der Waals surface area contributed by atoms with Crippen LogP contribution in [-0.4, -0.2) is 12.2 Å². The molecular weight excluding hydrogens is 214 g/mol. The Bertz CT molecular complexity index is 407. The molecule has 0 aliphatic heterocycles. The first-order chi connectivity index (χ1) is 6.72. The molecule has 0 saturated carbocycles. The van der Waals surface area contributed by atoms with E-state index >= 15 is 0 Å². The Kier molecular flexibility index (Phi) is 5.52. The van der Waals surface area contributed by atoms with E-state index in [-0.39, 0.29) is 18.4 Å². The van der Waals surface area contributed by atoms with E-state index in [1.54, 1.807) is 24.3 Å². The van der Waals surface area contributed by atoms with Crippen LogP contribution >= 0.6 is 12.4 Å². The van der Waals surface area contributed by atoms with Gasteiger partial charge in [-0.05, 0) is 17.7 Å². The maximum absolute atomic E-state index is 8.61. The molecule has 0 atom stereocenters. The largest absolute Gasteiger partial charge is 0.369 e. The molecule has 0 fully saturated rings. The third kappa shape index (κ3) is 4.64. The molecule has 0 radical (unpaired) electrons. The van der Waals surface area contributed by atoms with Crippen molar-refractivity contribution in [3.63, 3.8) is 0 Å². The molecule has 0 amide bonds. The number of hydrazone groups is 1. The van der Waals surface area contributed by atoms with Gasteiger partial charge < -0.3 is 5.73 Å². The fourth-order valence-corrected chi connectivity index (χ4v) is 0.865. The second-order valence-electron chi connectivity index (χ2n) is 2.52. The van der Waals surface area contributed by atoms with Crippen LogP contribution in [0.5, 0.6) is 0 Å². The molecule has 0 bridgehead atoms. The van der Waals surface area contributed by atoms with Crippen LogP contribution in [-0.2, 0) is 0 Å². The van der Waals surface area contributed by atoms with Crippen LogP contribution in [0.3, 0.4) is 0 Å². The van der Waals surface area contributed by atoms with Crippen molar-refractivity contribution < 1.29 is 0 Å². The van der Waals surface area contributed by atoms with Crippen LogP contribution in [0.4, 0.5) is 0 Å². The third-order valence-corrected chi connectivity index (χ3v) is 1.41. The number of nitrogens with two attached hydrogens (primary N) is 1. The van der Waals surface area contributed by atoms with Gasteiger partial charge in [-0.2, -0.15) is 10.4 Å². The van der Waals surface area contributed by atoms with Gasteiger partial charge in [0.25, 0.3) is 0 Å². The van der Waals surface area contributed by atoms with Crippen molar-refractivity contribution in [3.05, 3.63) is 35.4 Å². The molecule has 0 unspecified atom stereocenters. The first-order valence-corrected chi connectivity index (χ1v) is 3.85. The second-order valence-corrected chi connectivity index (χ2v) is 2.52. The molecule has 6 heteroatoms. The molecule has 78 valence electrons. The van der Waals surface area contributed by atoms with Gasteiger partial charge in [-0.1, -0.05) is 12.1 Å². The van der Waals surface area contributed by atoms with Crippen molar-refractivity contribution in [3.8, 4) is 6.07 Å². The fourth-order valence-electron chi connectivity index (χ4n) is 0.865.